The van der Waals surface area contributed by atoms with Crippen LogP contribution < -0.4 is 5.32 Å². The standard InChI is InChI=1S/C14H23F3N2O3/c1-10(13(20)18-9-14(15,16)17)19-5-2-11(3-6-19)22-12-4-7-21-8-12/h10-12H,2-9H2,1H3,(H,18,20)/t10-,12+/m0/s1. The van der Waals surface area contributed by atoms with E-state index in [0.717, 1.165) is 25.9 Å². The van der Waals surface area contributed by atoms with Crippen molar-refractivity contribution in [3.05, 3.63) is 0 Å². The zero-order chi connectivity index (χ0) is 16.2. The SMILES string of the molecule is C[C@@H](C(=O)NCC(F)(F)F)N1CCC(O[C@@H]2CCOC2)CC1. The number of ether oxygens (including phenoxy) is 2. The molecule has 0 aliphatic carbocycles. The summed E-state index contributed by atoms with van der Waals surface area (Å²) >= 11 is 0. The number of carbonyl (C=O) groups is 1. The Morgan fingerprint density at radius 3 is 2.55 bits per heavy atom. The fourth-order valence-corrected chi connectivity index (χ4v) is 2.79. The van der Waals surface area contributed by atoms with Gasteiger partial charge in [-0.2, -0.15) is 13.2 Å². The van der Waals surface area contributed by atoms with Crippen LogP contribution in [0.15, 0.2) is 0 Å². The molecule has 128 valence electrons. The molecule has 0 unspecified atom stereocenters. The highest BCUT2D eigenvalue weighted by molar-refractivity contribution is 5.81. The van der Waals surface area contributed by atoms with Gasteiger partial charge in [-0.1, -0.05) is 0 Å². The first kappa shape index (κ1) is 17.5. The van der Waals surface area contributed by atoms with Gasteiger partial charge in [0.1, 0.15) is 6.54 Å². The van der Waals surface area contributed by atoms with Crippen LogP contribution in [0.2, 0.25) is 0 Å². The van der Waals surface area contributed by atoms with Crippen LogP contribution >= 0.6 is 0 Å². The van der Waals surface area contributed by atoms with Crippen LogP contribution in [0, 0.1) is 0 Å². The molecule has 0 bridgehead atoms. The maximum atomic E-state index is 12.1. The normalized spacial score (nSPS) is 26.1. The Labute approximate surface area is 128 Å². The predicted octanol–water partition coefficient (Wildman–Crippen LogP) is 1.32. The van der Waals surface area contributed by atoms with Crippen LogP contribution in [0.4, 0.5) is 13.2 Å². The van der Waals surface area contributed by atoms with Crippen molar-refractivity contribution >= 4 is 5.91 Å². The van der Waals surface area contributed by atoms with Crippen molar-refractivity contribution in [2.75, 3.05) is 32.8 Å². The molecule has 2 fully saturated rings. The van der Waals surface area contributed by atoms with Crippen molar-refractivity contribution in [3.8, 4) is 0 Å². The lowest BCUT2D eigenvalue weighted by molar-refractivity contribution is -0.142. The maximum Gasteiger partial charge on any atom is 0.405 e. The molecule has 2 aliphatic rings. The van der Waals surface area contributed by atoms with E-state index in [1.807, 2.05) is 10.2 Å². The minimum absolute atomic E-state index is 0.147. The number of nitrogens with one attached hydrogen (secondary N) is 1. The first-order valence-corrected chi connectivity index (χ1v) is 7.67. The number of amides is 1. The fraction of sp³-hybridized carbons (Fsp3) is 0.929. The highest BCUT2D eigenvalue weighted by Gasteiger charge is 2.32. The van der Waals surface area contributed by atoms with Gasteiger partial charge in [0.05, 0.1) is 24.9 Å². The van der Waals surface area contributed by atoms with Crippen molar-refractivity contribution in [2.24, 2.45) is 0 Å². The molecule has 0 aromatic rings. The van der Waals surface area contributed by atoms with E-state index in [4.69, 9.17) is 9.47 Å². The fourth-order valence-electron chi connectivity index (χ4n) is 2.79. The van der Waals surface area contributed by atoms with Gasteiger partial charge in [-0.3, -0.25) is 9.69 Å². The number of hydrogen-bond donors (Lipinski definition) is 1. The predicted molar refractivity (Wildman–Crippen MR) is 73.4 cm³/mol. The lowest BCUT2D eigenvalue weighted by Gasteiger charge is -2.36. The summed E-state index contributed by atoms with van der Waals surface area (Å²) < 4.78 is 47.5. The van der Waals surface area contributed by atoms with Crippen LogP contribution in [-0.4, -0.2) is 68.1 Å². The van der Waals surface area contributed by atoms with Gasteiger partial charge < -0.3 is 14.8 Å². The van der Waals surface area contributed by atoms with E-state index < -0.39 is 24.7 Å². The minimum Gasteiger partial charge on any atom is -0.379 e. The molecule has 1 amide bonds. The van der Waals surface area contributed by atoms with Crippen LogP contribution in [0.25, 0.3) is 0 Å². The van der Waals surface area contributed by atoms with E-state index in [1.54, 1.807) is 6.92 Å². The van der Waals surface area contributed by atoms with Crippen molar-refractivity contribution in [1.82, 2.24) is 10.2 Å². The molecule has 2 aliphatic heterocycles. The first-order chi connectivity index (χ1) is 10.3. The van der Waals surface area contributed by atoms with Gasteiger partial charge in [0.25, 0.3) is 0 Å². The second-order valence-electron chi connectivity index (χ2n) is 5.87. The van der Waals surface area contributed by atoms with E-state index in [2.05, 4.69) is 0 Å². The number of likely N-dealkylation sites (tertiary alicyclic amines) is 1. The molecule has 22 heavy (non-hydrogen) atoms. The Hall–Kier alpha value is -0.860. The molecule has 1 N–H and O–H groups in total. The molecule has 2 rings (SSSR count). The number of rotatable bonds is 5. The third kappa shape index (κ3) is 5.40. The monoisotopic (exact) mass is 324 g/mol. The van der Waals surface area contributed by atoms with Gasteiger partial charge in [-0.15, -0.1) is 0 Å². The van der Waals surface area contributed by atoms with Crippen LogP contribution in [0.1, 0.15) is 26.2 Å². The molecule has 2 atom stereocenters. The quantitative estimate of drug-likeness (QED) is 0.829. The maximum absolute atomic E-state index is 12.1. The summed E-state index contributed by atoms with van der Waals surface area (Å²) in [6, 6.07) is -0.557. The average molecular weight is 324 g/mol. The Balaban J connectivity index is 1.69. The Bertz CT molecular complexity index is 365. The summed E-state index contributed by atoms with van der Waals surface area (Å²) in [7, 11) is 0. The van der Waals surface area contributed by atoms with E-state index in [0.29, 0.717) is 19.7 Å². The Kier molecular flexibility index (Phi) is 6.05. The van der Waals surface area contributed by atoms with Crippen molar-refractivity contribution < 1.29 is 27.4 Å². The van der Waals surface area contributed by atoms with Crippen molar-refractivity contribution in [3.63, 3.8) is 0 Å². The van der Waals surface area contributed by atoms with Gasteiger partial charge in [0.2, 0.25) is 5.91 Å². The summed E-state index contributed by atoms with van der Waals surface area (Å²) in [5.74, 6) is -0.583. The number of carbonyl (C=O) groups excluding carboxylic acids is 1. The molecule has 2 saturated heterocycles. The number of alkyl halides is 3. The second kappa shape index (κ2) is 7.61. The van der Waals surface area contributed by atoms with Gasteiger partial charge in [0, 0.05) is 19.7 Å². The van der Waals surface area contributed by atoms with Gasteiger partial charge in [-0.05, 0) is 26.2 Å². The highest BCUT2D eigenvalue weighted by Crippen LogP contribution is 2.20. The van der Waals surface area contributed by atoms with Gasteiger partial charge in [0.15, 0.2) is 0 Å². The molecular weight excluding hydrogens is 301 g/mol. The van der Waals surface area contributed by atoms with Crippen LogP contribution in [0.3, 0.4) is 0 Å². The lowest BCUT2D eigenvalue weighted by Crippen LogP contribution is -2.50. The van der Waals surface area contributed by atoms with Crippen LogP contribution in [0.5, 0.6) is 0 Å². The zero-order valence-electron chi connectivity index (χ0n) is 12.7. The zero-order valence-corrected chi connectivity index (χ0v) is 12.7. The minimum atomic E-state index is -4.38. The van der Waals surface area contributed by atoms with E-state index >= 15 is 0 Å². The lowest BCUT2D eigenvalue weighted by atomic mass is 10.1. The molecule has 8 heteroatoms. The van der Waals surface area contributed by atoms with E-state index in [-0.39, 0.29) is 12.2 Å². The second-order valence-corrected chi connectivity index (χ2v) is 5.87. The van der Waals surface area contributed by atoms with E-state index in [9.17, 15) is 18.0 Å². The number of halogens is 3. The molecular formula is C14H23F3N2O3. The molecule has 0 aromatic heterocycles. The molecule has 2 heterocycles. The third-order valence-corrected chi connectivity index (χ3v) is 4.14. The number of hydrogen-bond acceptors (Lipinski definition) is 4. The summed E-state index contributed by atoms with van der Waals surface area (Å²) in [6.07, 6.45) is -1.59. The Morgan fingerprint density at radius 1 is 1.32 bits per heavy atom. The van der Waals surface area contributed by atoms with Crippen LogP contribution in [-0.2, 0) is 14.3 Å². The summed E-state index contributed by atoms with van der Waals surface area (Å²) in [5, 5.41) is 1.94. The molecule has 5 nitrogen and oxygen atoms in total. The topological polar surface area (TPSA) is 50.8 Å². The molecule has 0 spiro atoms. The first-order valence-electron chi connectivity index (χ1n) is 7.67. The van der Waals surface area contributed by atoms with Crippen molar-refractivity contribution in [1.29, 1.82) is 0 Å². The molecule has 0 aromatic carbocycles. The Morgan fingerprint density at radius 2 is 2.00 bits per heavy atom. The van der Waals surface area contributed by atoms with Gasteiger partial charge >= 0.3 is 6.18 Å². The van der Waals surface area contributed by atoms with E-state index in [1.165, 1.54) is 0 Å². The third-order valence-electron chi connectivity index (χ3n) is 4.14. The van der Waals surface area contributed by atoms with Gasteiger partial charge in [-0.25, -0.2) is 0 Å². The average Bonchev–Trinajstić information content (AvgIpc) is 2.97. The molecule has 0 saturated carbocycles. The summed E-state index contributed by atoms with van der Waals surface area (Å²) in [6.45, 7) is 3.03. The highest BCUT2D eigenvalue weighted by atomic mass is 19.4. The summed E-state index contributed by atoms with van der Waals surface area (Å²) in [5.41, 5.74) is 0. The number of piperidine rings is 1. The molecule has 0 radical (unpaired) electrons. The van der Waals surface area contributed by atoms with Crippen molar-refractivity contribution in [2.45, 2.75) is 50.6 Å². The smallest absolute Gasteiger partial charge is 0.379 e. The summed E-state index contributed by atoms with van der Waals surface area (Å²) in [4.78, 5) is 13.6. The number of nitrogens with zero attached hydrogens (tertiary/aromatic N) is 1. The largest absolute Gasteiger partial charge is 0.405 e.